The summed E-state index contributed by atoms with van der Waals surface area (Å²) in [4.78, 5) is 4.34. The number of nitrogens with one attached hydrogen (secondary N) is 1. The van der Waals surface area contributed by atoms with E-state index in [0.29, 0.717) is 5.69 Å². The molecule has 4 nitrogen and oxygen atoms in total. The molecule has 0 radical (unpaired) electrons. The molecule has 0 saturated heterocycles. The van der Waals surface area contributed by atoms with Gasteiger partial charge in [0.05, 0.1) is 35.2 Å². The first-order chi connectivity index (χ1) is 9.55. The van der Waals surface area contributed by atoms with Gasteiger partial charge in [-0.3, -0.25) is 4.98 Å². The lowest BCUT2D eigenvalue weighted by molar-refractivity contribution is 0.202. The third-order valence-corrected chi connectivity index (χ3v) is 4.40. The van der Waals surface area contributed by atoms with Gasteiger partial charge in [-0.1, -0.05) is 29.8 Å². The van der Waals surface area contributed by atoms with Crippen molar-refractivity contribution in [3.63, 3.8) is 0 Å². The first kappa shape index (κ1) is 15.1. The Morgan fingerprint density at radius 1 is 1.35 bits per heavy atom. The van der Waals surface area contributed by atoms with E-state index >= 15 is 0 Å². The molecule has 108 valence electrons. The second-order valence-electron chi connectivity index (χ2n) is 5.02. The van der Waals surface area contributed by atoms with Crippen LogP contribution < -0.4 is 11.1 Å². The molecule has 0 amide bonds. The topological polar surface area (TPSA) is 71.2 Å². The molecule has 0 atom stereocenters. The molecule has 0 aliphatic heterocycles. The third-order valence-electron chi connectivity index (χ3n) is 3.91. The molecule has 0 saturated carbocycles. The van der Waals surface area contributed by atoms with E-state index in [1.807, 2.05) is 18.2 Å². The van der Waals surface area contributed by atoms with Gasteiger partial charge in [-0.15, -0.1) is 0 Å². The van der Waals surface area contributed by atoms with Gasteiger partial charge < -0.3 is 16.2 Å². The van der Waals surface area contributed by atoms with Crippen molar-refractivity contribution >= 4 is 38.2 Å². The summed E-state index contributed by atoms with van der Waals surface area (Å²) < 4.78 is 0.975. The highest BCUT2D eigenvalue weighted by molar-refractivity contribution is 9.10. The number of fused-ring (bicyclic) bond motifs is 1. The van der Waals surface area contributed by atoms with Crippen molar-refractivity contribution in [2.45, 2.75) is 32.2 Å². The van der Waals surface area contributed by atoms with Crippen LogP contribution in [0.3, 0.4) is 0 Å². The Morgan fingerprint density at radius 2 is 2.05 bits per heavy atom. The van der Waals surface area contributed by atoms with Crippen LogP contribution in [-0.4, -0.2) is 22.2 Å². The molecule has 2 rings (SSSR count). The molecule has 1 heterocycles. The number of rotatable bonds is 5. The lowest BCUT2D eigenvalue weighted by atomic mass is 9.93. The largest absolute Gasteiger partial charge is 0.396 e. The Kier molecular flexibility index (Phi) is 4.50. The van der Waals surface area contributed by atoms with Crippen LogP contribution in [0.1, 0.15) is 26.7 Å². The van der Waals surface area contributed by atoms with E-state index in [-0.39, 0.29) is 12.1 Å². The molecule has 1 aromatic carbocycles. The maximum Gasteiger partial charge on any atom is 0.0743 e. The Balaban J connectivity index is 2.58. The van der Waals surface area contributed by atoms with E-state index in [1.54, 1.807) is 6.20 Å². The second kappa shape index (κ2) is 5.97. The zero-order chi connectivity index (χ0) is 14.8. The summed E-state index contributed by atoms with van der Waals surface area (Å²) in [7, 11) is 0. The first-order valence-corrected chi connectivity index (χ1v) is 7.57. The SMILES string of the molecule is CCC(CC)(CO)Nc1c(N)cnc2ccc(Br)cc12. The number of hydrogen-bond donors (Lipinski definition) is 3. The monoisotopic (exact) mass is 337 g/mol. The van der Waals surface area contributed by atoms with Crippen molar-refractivity contribution < 1.29 is 5.11 Å². The van der Waals surface area contributed by atoms with E-state index in [9.17, 15) is 5.11 Å². The third kappa shape index (κ3) is 2.74. The zero-order valence-corrected chi connectivity index (χ0v) is 13.4. The summed E-state index contributed by atoms with van der Waals surface area (Å²) in [6, 6.07) is 5.89. The van der Waals surface area contributed by atoms with Gasteiger partial charge >= 0.3 is 0 Å². The minimum absolute atomic E-state index is 0.0667. The summed E-state index contributed by atoms with van der Waals surface area (Å²) >= 11 is 3.48. The number of anilines is 2. The van der Waals surface area contributed by atoms with Gasteiger partial charge in [0.2, 0.25) is 0 Å². The molecular weight excluding hydrogens is 318 g/mol. The minimum Gasteiger partial charge on any atom is -0.396 e. The van der Waals surface area contributed by atoms with E-state index in [0.717, 1.165) is 33.9 Å². The fraction of sp³-hybridized carbons (Fsp3) is 0.400. The van der Waals surface area contributed by atoms with Gasteiger partial charge in [0, 0.05) is 9.86 Å². The summed E-state index contributed by atoms with van der Waals surface area (Å²) in [6.07, 6.45) is 3.29. The number of nitrogens with zero attached hydrogens (tertiary/aromatic N) is 1. The molecule has 2 aromatic rings. The molecule has 0 unspecified atom stereocenters. The van der Waals surface area contributed by atoms with Crippen molar-refractivity contribution in [1.82, 2.24) is 4.98 Å². The Bertz CT molecular complexity index is 598. The summed E-state index contributed by atoms with van der Waals surface area (Å²) in [6.45, 7) is 4.18. The average Bonchev–Trinajstić information content (AvgIpc) is 2.47. The minimum atomic E-state index is -0.356. The molecular formula is C15H20BrN3O. The predicted octanol–water partition coefficient (Wildman–Crippen LogP) is 3.54. The van der Waals surface area contributed by atoms with E-state index in [1.165, 1.54) is 0 Å². The number of halogens is 1. The van der Waals surface area contributed by atoms with Crippen LogP contribution in [0.5, 0.6) is 0 Å². The maximum atomic E-state index is 9.73. The molecule has 4 N–H and O–H groups in total. The summed E-state index contributed by atoms with van der Waals surface area (Å²) in [5.41, 5.74) is 8.04. The van der Waals surface area contributed by atoms with Crippen molar-refractivity contribution in [2.75, 3.05) is 17.7 Å². The number of pyridine rings is 1. The van der Waals surface area contributed by atoms with Crippen LogP contribution in [0, 0.1) is 0 Å². The standard InChI is InChI=1S/C15H20BrN3O/c1-3-15(4-2,9-20)19-14-11-7-10(16)5-6-13(11)18-8-12(14)17/h5-8,20H,3-4,9,17H2,1-2H3,(H,18,19). The van der Waals surface area contributed by atoms with Crippen molar-refractivity contribution in [2.24, 2.45) is 0 Å². The van der Waals surface area contributed by atoms with Crippen molar-refractivity contribution in [1.29, 1.82) is 0 Å². The van der Waals surface area contributed by atoms with Crippen LogP contribution in [0.15, 0.2) is 28.9 Å². The maximum absolute atomic E-state index is 9.73. The highest BCUT2D eigenvalue weighted by Gasteiger charge is 2.26. The molecule has 0 spiro atoms. The van der Waals surface area contributed by atoms with Crippen molar-refractivity contribution in [3.8, 4) is 0 Å². The van der Waals surface area contributed by atoms with Gasteiger partial charge in [-0.2, -0.15) is 0 Å². The Morgan fingerprint density at radius 3 is 2.65 bits per heavy atom. The number of benzene rings is 1. The van der Waals surface area contributed by atoms with Gasteiger partial charge in [0.25, 0.3) is 0 Å². The molecule has 0 fully saturated rings. The number of nitrogens with two attached hydrogens (primary N) is 1. The van der Waals surface area contributed by atoms with E-state index in [4.69, 9.17) is 5.73 Å². The van der Waals surface area contributed by atoms with Crippen LogP contribution in [-0.2, 0) is 0 Å². The normalized spacial score (nSPS) is 11.8. The number of aliphatic hydroxyl groups is 1. The van der Waals surface area contributed by atoms with Crippen LogP contribution in [0.25, 0.3) is 10.9 Å². The summed E-state index contributed by atoms with van der Waals surface area (Å²) in [5, 5.41) is 14.1. The highest BCUT2D eigenvalue weighted by Crippen LogP contribution is 2.33. The molecule has 1 aromatic heterocycles. The fourth-order valence-corrected chi connectivity index (χ4v) is 2.64. The predicted molar refractivity (Wildman–Crippen MR) is 87.9 cm³/mol. The number of aliphatic hydroxyl groups excluding tert-OH is 1. The van der Waals surface area contributed by atoms with Gasteiger partial charge in [-0.05, 0) is 31.0 Å². The lowest BCUT2D eigenvalue weighted by Crippen LogP contribution is -2.41. The fourth-order valence-electron chi connectivity index (χ4n) is 2.27. The van der Waals surface area contributed by atoms with Gasteiger partial charge in [0.1, 0.15) is 0 Å². The first-order valence-electron chi connectivity index (χ1n) is 6.78. The lowest BCUT2D eigenvalue weighted by Gasteiger charge is -2.33. The number of aromatic nitrogens is 1. The highest BCUT2D eigenvalue weighted by atomic mass is 79.9. The summed E-state index contributed by atoms with van der Waals surface area (Å²) in [5.74, 6) is 0. The average molecular weight is 338 g/mol. The number of nitrogen functional groups attached to an aromatic ring is 1. The molecule has 0 bridgehead atoms. The zero-order valence-electron chi connectivity index (χ0n) is 11.8. The van der Waals surface area contributed by atoms with Crippen LogP contribution >= 0.6 is 15.9 Å². The molecule has 5 heteroatoms. The molecule has 20 heavy (non-hydrogen) atoms. The van der Waals surface area contributed by atoms with Crippen LogP contribution in [0.4, 0.5) is 11.4 Å². The molecule has 0 aliphatic rings. The van der Waals surface area contributed by atoms with Crippen LogP contribution in [0.2, 0.25) is 0 Å². The van der Waals surface area contributed by atoms with Gasteiger partial charge in [0.15, 0.2) is 0 Å². The quantitative estimate of drug-likeness (QED) is 0.780. The molecule has 0 aliphatic carbocycles. The number of hydrogen-bond acceptors (Lipinski definition) is 4. The Labute approximate surface area is 127 Å². The van der Waals surface area contributed by atoms with E-state index in [2.05, 4.69) is 40.1 Å². The smallest absolute Gasteiger partial charge is 0.0743 e. The second-order valence-corrected chi connectivity index (χ2v) is 5.94. The Hall–Kier alpha value is -1.33. The van der Waals surface area contributed by atoms with Crippen molar-refractivity contribution in [3.05, 3.63) is 28.9 Å². The van der Waals surface area contributed by atoms with Gasteiger partial charge in [-0.25, -0.2) is 0 Å². The van der Waals surface area contributed by atoms with E-state index < -0.39 is 0 Å².